The Hall–Kier alpha value is -3.35. The minimum Gasteiger partial charge on any atom is -0.481 e. The van der Waals surface area contributed by atoms with Crippen LogP contribution in [0.15, 0.2) is 54.6 Å². The van der Waals surface area contributed by atoms with Crippen molar-refractivity contribution in [3.63, 3.8) is 0 Å². The third-order valence-electron chi connectivity index (χ3n) is 6.91. The number of carboxylic acid groups (broad SMARTS) is 1. The summed E-state index contributed by atoms with van der Waals surface area (Å²) in [6.07, 6.45) is 2.76. The lowest BCUT2D eigenvalue weighted by Gasteiger charge is -2.37. The van der Waals surface area contributed by atoms with E-state index in [0.717, 1.165) is 31.6 Å². The first kappa shape index (κ1) is 22.8. The van der Waals surface area contributed by atoms with Crippen LogP contribution in [0, 0.1) is 11.8 Å². The third-order valence-corrected chi connectivity index (χ3v) is 6.91. The topological polar surface area (TPSA) is 81.2 Å². The van der Waals surface area contributed by atoms with Gasteiger partial charge in [-0.2, -0.15) is 0 Å². The van der Waals surface area contributed by atoms with Gasteiger partial charge < -0.3 is 19.8 Å². The van der Waals surface area contributed by atoms with Crippen LogP contribution in [0.5, 0.6) is 0 Å². The highest BCUT2D eigenvalue weighted by atomic mass is 16.4. The normalized spacial score (nSPS) is 20.9. The molecule has 0 radical (unpaired) electrons. The lowest BCUT2D eigenvalue weighted by atomic mass is 9.78. The number of hydrogen-bond donors (Lipinski definition) is 1. The van der Waals surface area contributed by atoms with E-state index in [0.29, 0.717) is 37.2 Å². The van der Waals surface area contributed by atoms with Crippen molar-refractivity contribution in [3.8, 4) is 0 Å². The van der Waals surface area contributed by atoms with E-state index in [4.69, 9.17) is 0 Å². The van der Waals surface area contributed by atoms with Crippen LogP contribution in [0.4, 0.5) is 11.4 Å². The molecule has 1 N–H and O–H groups in total. The van der Waals surface area contributed by atoms with E-state index in [9.17, 15) is 19.5 Å². The molecular formula is C26H31N3O4. The van der Waals surface area contributed by atoms with Gasteiger partial charge in [-0.15, -0.1) is 0 Å². The molecule has 0 spiro atoms. The monoisotopic (exact) mass is 449 g/mol. The van der Waals surface area contributed by atoms with Gasteiger partial charge in [-0.05, 0) is 37.1 Å². The Kier molecular flexibility index (Phi) is 6.96. The Bertz CT molecular complexity index is 1000. The van der Waals surface area contributed by atoms with E-state index >= 15 is 0 Å². The fraction of sp³-hybridized carbons (Fsp3) is 0.423. The highest BCUT2D eigenvalue weighted by molar-refractivity contribution is 6.05. The third kappa shape index (κ3) is 4.87. The number of amides is 2. The van der Waals surface area contributed by atoms with Gasteiger partial charge >= 0.3 is 5.97 Å². The van der Waals surface area contributed by atoms with Gasteiger partial charge in [0.1, 0.15) is 0 Å². The summed E-state index contributed by atoms with van der Waals surface area (Å²) in [4.78, 5) is 44.0. The SMILES string of the molecule is CN(C(=O)[C@H]1CCCC[C@H]1C(=O)O)c1ccccc1C(=O)N1CCN(c2ccccc2)CC1. The van der Waals surface area contributed by atoms with Crippen molar-refractivity contribution in [1.29, 1.82) is 0 Å². The minimum absolute atomic E-state index is 0.101. The van der Waals surface area contributed by atoms with Crippen LogP contribution in [0.1, 0.15) is 36.0 Å². The number of aliphatic carboxylic acids is 1. The van der Waals surface area contributed by atoms with Gasteiger partial charge in [-0.3, -0.25) is 14.4 Å². The lowest BCUT2D eigenvalue weighted by molar-refractivity contribution is -0.148. The minimum atomic E-state index is -0.915. The number of carboxylic acids is 1. The summed E-state index contributed by atoms with van der Waals surface area (Å²) >= 11 is 0. The molecule has 7 heteroatoms. The first-order valence-electron chi connectivity index (χ1n) is 11.7. The largest absolute Gasteiger partial charge is 0.481 e. The zero-order valence-corrected chi connectivity index (χ0v) is 19.0. The zero-order chi connectivity index (χ0) is 23.4. The number of carbonyl (C=O) groups is 3. The molecule has 33 heavy (non-hydrogen) atoms. The van der Waals surface area contributed by atoms with Crippen molar-refractivity contribution < 1.29 is 19.5 Å². The van der Waals surface area contributed by atoms with Crippen molar-refractivity contribution >= 4 is 29.2 Å². The maximum absolute atomic E-state index is 13.4. The predicted octanol–water partition coefficient (Wildman–Crippen LogP) is 3.50. The summed E-state index contributed by atoms with van der Waals surface area (Å²) in [5.41, 5.74) is 2.16. The Labute approximate surface area is 194 Å². The Morgan fingerprint density at radius 1 is 0.848 bits per heavy atom. The smallest absolute Gasteiger partial charge is 0.307 e. The van der Waals surface area contributed by atoms with Crippen molar-refractivity contribution in [1.82, 2.24) is 4.90 Å². The van der Waals surface area contributed by atoms with Crippen LogP contribution in [-0.4, -0.2) is 61.0 Å². The van der Waals surface area contributed by atoms with Crippen molar-refractivity contribution in [2.75, 3.05) is 43.0 Å². The van der Waals surface area contributed by atoms with Crippen LogP contribution in [0.3, 0.4) is 0 Å². The summed E-state index contributed by atoms with van der Waals surface area (Å²) in [5.74, 6) is -2.46. The second-order valence-corrected chi connectivity index (χ2v) is 8.86. The van der Waals surface area contributed by atoms with E-state index in [-0.39, 0.29) is 11.8 Å². The fourth-order valence-corrected chi connectivity index (χ4v) is 5.01. The van der Waals surface area contributed by atoms with Crippen LogP contribution in [-0.2, 0) is 9.59 Å². The lowest BCUT2D eigenvalue weighted by Crippen LogP contribution is -2.49. The van der Waals surface area contributed by atoms with Gasteiger partial charge in [0.15, 0.2) is 0 Å². The highest BCUT2D eigenvalue weighted by Crippen LogP contribution is 2.33. The van der Waals surface area contributed by atoms with Crippen molar-refractivity contribution in [2.24, 2.45) is 11.8 Å². The predicted molar refractivity (Wildman–Crippen MR) is 127 cm³/mol. The van der Waals surface area contributed by atoms with E-state index in [2.05, 4.69) is 17.0 Å². The van der Waals surface area contributed by atoms with E-state index in [1.807, 2.05) is 23.1 Å². The number of benzene rings is 2. The van der Waals surface area contributed by atoms with Crippen LogP contribution >= 0.6 is 0 Å². The molecule has 2 aliphatic rings. The maximum Gasteiger partial charge on any atom is 0.307 e. The quantitative estimate of drug-likeness (QED) is 0.756. The Balaban J connectivity index is 1.48. The second-order valence-electron chi connectivity index (χ2n) is 8.86. The molecule has 0 unspecified atom stereocenters. The molecule has 1 saturated heterocycles. The summed E-state index contributed by atoms with van der Waals surface area (Å²) in [6, 6.07) is 17.3. The number of rotatable bonds is 5. The maximum atomic E-state index is 13.4. The van der Waals surface area contributed by atoms with Gasteiger partial charge in [0.2, 0.25) is 5.91 Å². The number of para-hydroxylation sites is 2. The highest BCUT2D eigenvalue weighted by Gasteiger charge is 2.38. The molecule has 2 aromatic rings. The Morgan fingerprint density at radius 2 is 1.45 bits per heavy atom. The molecule has 1 aliphatic heterocycles. The standard InChI is InChI=1S/C26H31N3O4/c1-27(24(30)20-11-5-6-12-21(20)26(32)33)23-14-8-7-13-22(23)25(31)29-17-15-28(16-18-29)19-9-3-2-4-10-19/h2-4,7-10,13-14,20-21H,5-6,11-12,15-18H2,1H3,(H,32,33)/t20-,21+/m0/s1. The number of carbonyl (C=O) groups excluding carboxylic acids is 2. The number of nitrogens with zero attached hydrogens (tertiary/aromatic N) is 3. The molecule has 2 amide bonds. The molecule has 1 heterocycles. The Morgan fingerprint density at radius 3 is 2.12 bits per heavy atom. The number of piperazine rings is 1. The average Bonchev–Trinajstić information content (AvgIpc) is 2.88. The van der Waals surface area contributed by atoms with Gasteiger partial charge in [-0.25, -0.2) is 0 Å². The van der Waals surface area contributed by atoms with Gasteiger partial charge in [-0.1, -0.05) is 43.2 Å². The van der Waals surface area contributed by atoms with E-state index < -0.39 is 17.8 Å². The molecule has 0 bridgehead atoms. The van der Waals surface area contributed by atoms with Crippen molar-refractivity contribution in [2.45, 2.75) is 25.7 Å². The first-order valence-corrected chi connectivity index (χ1v) is 11.7. The molecule has 174 valence electrons. The molecule has 1 saturated carbocycles. The second kappa shape index (κ2) is 10.1. The molecule has 2 aromatic carbocycles. The molecule has 0 aromatic heterocycles. The molecule has 2 fully saturated rings. The number of hydrogen-bond acceptors (Lipinski definition) is 4. The van der Waals surface area contributed by atoms with E-state index in [1.54, 1.807) is 31.3 Å². The first-order chi connectivity index (χ1) is 16.0. The molecule has 4 rings (SSSR count). The van der Waals surface area contributed by atoms with Crippen LogP contribution in [0.2, 0.25) is 0 Å². The van der Waals surface area contributed by atoms with Gasteiger partial charge in [0.05, 0.1) is 23.1 Å². The van der Waals surface area contributed by atoms with Crippen molar-refractivity contribution in [3.05, 3.63) is 60.2 Å². The number of anilines is 2. The average molecular weight is 450 g/mol. The van der Waals surface area contributed by atoms with E-state index in [1.165, 1.54) is 4.90 Å². The molecule has 1 aliphatic carbocycles. The van der Waals surface area contributed by atoms with Gasteiger partial charge in [0, 0.05) is 38.9 Å². The molecule has 2 atom stereocenters. The fourth-order valence-electron chi connectivity index (χ4n) is 5.01. The summed E-state index contributed by atoms with van der Waals surface area (Å²) in [5, 5.41) is 9.59. The summed E-state index contributed by atoms with van der Waals surface area (Å²) in [6.45, 7) is 2.69. The summed E-state index contributed by atoms with van der Waals surface area (Å²) < 4.78 is 0. The van der Waals surface area contributed by atoms with Gasteiger partial charge in [0.25, 0.3) is 5.91 Å². The zero-order valence-electron chi connectivity index (χ0n) is 19.0. The summed E-state index contributed by atoms with van der Waals surface area (Å²) in [7, 11) is 1.65. The van der Waals surface area contributed by atoms with Crippen LogP contribution < -0.4 is 9.80 Å². The molecular weight excluding hydrogens is 418 g/mol. The molecule has 7 nitrogen and oxygen atoms in total. The van der Waals surface area contributed by atoms with Crippen LogP contribution in [0.25, 0.3) is 0 Å².